The molecule has 0 unspecified atom stereocenters. The lowest BCUT2D eigenvalue weighted by atomic mass is 10.2. The molecular formula is C11H18N6O3. The third-order valence-electron chi connectivity index (χ3n) is 2.33. The molecule has 0 atom stereocenters. The molecule has 0 saturated carbocycles. The van der Waals surface area contributed by atoms with E-state index in [2.05, 4.69) is 25.4 Å². The molecule has 1 aromatic rings. The maximum Gasteiger partial charge on any atom is 0.404 e. The first-order valence-corrected chi connectivity index (χ1v) is 5.99. The van der Waals surface area contributed by atoms with E-state index in [0.29, 0.717) is 11.5 Å². The minimum atomic E-state index is -0.896. The van der Waals surface area contributed by atoms with Crippen LogP contribution >= 0.6 is 0 Å². The van der Waals surface area contributed by atoms with Gasteiger partial charge in [-0.05, 0) is 0 Å². The minimum Gasteiger partial charge on any atom is -0.448 e. The van der Waals surface area contributed by atoms with Crippen LogP contribution in [0.4, 0.5) is 10.5 Å². The molecule has 1 rings (SSSR count). The largest absolute Gasteiger partial charge is 0.448 e. The van der Waals surface area contributed by atoms with Crippen LogP contribution in [0.25, 0.3) is 0 Å². The van der Waals surface area contributed by atoms with Crippen molar-refractivity contribution in [2.45, 2.75) is 19.8 Å². The summed E-state index contributed by atoms with van der Waals surface area (Å²) in [5.41, 5.74) is 7.60. The molecule has 0 spiro atoms. The molecular weight excluding hydrogens is 264 g/mol. The summed E-state index contributed by atoms with van der Waals surface area (Å²) < 4.78 is 4.50. The Morgan fingerprint density at radius 1 is 1.45 bits per heavy atom. The van der Waals surface area contributed by atoms with Crippen LogP contribution in [0.5, 0.6) is 0 Å². The Morgan fingerprint density at radius 3 is 2.70 bits per heavy atom. The molecule has 20 heavy (non-hydrogen) atoms. The highest BCUT2D eigenvalue weighted by Crippen LogP contribution is 2.15. The summed E-state index contributed by atoms with van der Waals surface area (Å²) in [6, 6.07) is 0. The Morgan fingerprint density at radius 2 is 2.15 bits per heavy atom. The van der Waals surface area contributed by atoms with Gasteiger partial charge in [0, 0.05) is 5.92 Å². The number of hydrazine groups is 1. The Hall–Kier alpha value is -2.42. The van der Waals surface area contributed by atoms with Crippen molar-refractivity contribution < 1.29 is 14.3 Å². The van der Waals surface area contributed by atoms with Crippen molar-refractivity contribution in [1.82, 2.24) is 15.3 Å². The Kier molecular flexibility index (Phi) is 5.66. The number of nitrogens with one attached hydrogen (secondary N) is 2. The Balaban J connectivity index is 2.74. The van der Waals surface area contributed by atoms with Crippen LogP contribution in [0.15, 0.2) is 6.20 Å². The van der Waals surface area contributed by atoms with Gasteiger partial charge in [-0.15, -0.1) is 0 Å². The van der Waals surface area contributed by atoms with Crippen molar-refractivity contribution in [2.75, 3.05) is 18.6 Å². The number of nitrogens with zero attached hydrogens (tertiary/aromatic N) is 2. The Bertz CT molecular complexity index is 491. The van der Waals surface area contributed by atoms with Crippen LogP contribution in [-0.4, -0.2) is 35.1 Å². The summed E-state index contributed by atoms with van der Waals surface area (Å²) in [5, 5.41) is 2.54. The molecule has 0 bridgehead atoms. The number of nitrogens with two attached hydrogens (primary N) is 2. The predicted octanol–water partition coefficient (Wildman–Crippen LogP) is -0.289. The highest BCUT2D eigenvalue weighted by atomic mass is 16.5. The van der Waals surface area contributed by atoms with Crippen molar-refractivity contribution in [3.63, 3.8) is 0 Å². The van der Waals surface area contributed by atoms with Gasteiger partial charge in [-0.3, -0.25) is 10.6 Å². The van der Waals surface area contributed by atoms with E-state index >= 15 is 0 Å². The number of nitrogen functional groups attached to an aromatic ring is 1. The van der Waals surface area contributed by atoms with Crippen molar-refractivity contribution in [3.05, 3.63) is 17.7 Å². The van der Waals surface area contributed by atoms with Gasteiger partial charge in [0.2, 0.25) is 0 Å². The lowest BCUT2D eigenvalue weighted by molar-refractivity contribution is 0.0932. The lowest BCUT2D eigenvalue weighted by Gasteiger charge is -2.11. The van der Waals surface area contributed by atoms with E-state index in [1.807, 2.05) is 13.8 Å². The van der Waals surface area contributed by atoms with Crippen LogP contribution in [0.2, 0.25) is 0 Å². The molecule has 6 N–H and O–H groups in total. The standard InChI is InChI=1S/C11H18N6O3/c1-6(2)9-15-5-7(17-13)8(16-9)10(18)14-3-4-20-11(12)19/h5-6,17H,3-4,13H2,1-2H3,(H2,12,19)(H,14,18). The molecule has 0 radical (unpaired) electrons. The molecule has 0 aliphatic heterocycles. The summed E-state index contributed by atoms with van der Waals surface area (Å²) >= 11 is 0. The fourth-order valence-corrected chi connectivity index (χ4v) is 1.35. The van der Waals surface area contributed by atoms with E-state index in [0.717, 1.165) is 0 Å². The van der Waals surface area contributed by atoms with Gasteiger partial charge in [-0.1, -0.05) is 13.8 Å². The van der Waals surface area contributed by atoms with Gasteiger partial charge < -0.3 is 21.2 Å². The van der Waals surface area contributed by atoms with Crippen LogP contribution in [0.3, 0.4) is 0 Å². The van der Waals surface area contributed by atoms with Gasteiger partial charge in [0.05, 0.1) is 18.4 Å². The zero-order valence-electron chi connectivity index (χ0n) is 11.3. The van der Waals surface area contributed by atoms with Gasteiger partial charge in [-0.25, -0.2) is 14.8 Å². The molecule has 1 heterocycles. The molecule has 1 aromatic heterocycles. The molecule has 0 fully saturated rings. The SMILES string of the molecule is CC(C)c1ncc(NN)c(C(=O)NCCOC(N)=O)n1. The fourth-order valence-electron chi connectivity index (χ4n) is 1.35. The molecule has 0 aromatic carbocycles. The number of carbonyl (C=O) groups excluding carboxylic acids is 2. The highest BCUT2D eigenvalue weighted by Gasteiger charge is 2.15. The smallest absolute Gasteiger partial charge is 0.404 e. The lowest BCUT2D eigenvalue weighted by Crippen LogP contribution is -2.31. The second-order valence-electron chi connectivity index (χ2n) is 4.21. The first kappa shape index (κ1) is 15.6. The van der Waals surface area contributed by atoms with Gasteiger partial charge in [0.25, 0.3) is 5.91 Å². The van der Waals surface area contributed by atoms with Crippen LogP contribution < -0.4 is 22.3 Å². The first-order valence-electron chi connectivity index (χ1n) is 5.99. The third-order valence-corrected chi connectivity index (χ3v) is 2.33. The number of anilines is 1. The van der Waals surface area contributed by atoms with E-state index in [4.69, 9.17) is 11.6 Å². The average molecular weight is 282 g/mol. The second-order valence-corrected chi connectivity index (χ2v) is 4.21. The monoisotopic (exact) mass is 282 g/mol. The topological polar surface area (TPSA) is 145 Å². The normalized spacial score (nSPS) is 10.2. The molecule has 0 aliphatic carbocycles. The van der Waals surface area contributed by atoms with Gasteiger partial charge in [0.1, 0.15) is 12.4 Å². The van der Waals surface area contributed by atoms with Crippen molar-refractivity contribution in [2.24, 2.45) is 11.6 Å². The van der Waals surface area contributed by atoms with Crippen molar-refractivity contribution in [1.29, 1.82) is 0 Å². The Labute approximate surface area is 116 Å². The summed E-state index contributed by atoms with van der Waals surface area (Å²) in [6.07, 6.45) is 0.546. The number of rotatable bonds is 6. The number of amides is 2. The van der Waals surface area contributed by atoms with E-state index < -0.39 is 12.0 Å². The van der Waals surface area contributed by atoms with Crippen molar-refractivity contribution >= 4 is 17.7 Å². The van der Waals surface area contributed by atoms with Gasteiger partial charge in [-0.2, -0.15) is 0 Å². The second kappa shape index (κ2) is 7.24. The van der Waals surface area contributed by atoms with Gasteiger partial charge in [0.15, 0.2) is 5.69 Å². The van der Waals surface area contributed by atoms with Crippen LogP contribution in [-0.2, 0) is 4.74 Å². The number of ether oxygens (including phenoxy) is 1. The van der Waals surface area contributed by atoms with Gasteiger partial charge >= 0.3 is 6.09 Å². The van der Waals surface area contributed by atoms with E-state index in [9.17, 15) is 9.59 Å². The number of primary amides is 1. The predicted molar refractivity (Wildman–Crippen MR) is 71.8 cm³/mol. The quantitative estimate of drug-likeness (QED) is 0.318. The molecule has 2 amide bonds. The van der Waals surface area contributed by atoms with E-state index in [-0.39, 0.29) is 24.8 Å². The summed E-state index contributed by atoms with van der Waals surface area (Å²) in [4.78, 5) is 30.6. The number of hydrogen-bond donors (Lipinski definition) is 4. The highest BCUT2D eigenvalue weighted by molar-refractivity contribution is 5.97. The van der Waals surface area contributed by atoms with E-state index in [1.54, 1.807) is 0 Å². The maximum absolute atomic E-state index is 12.0. The molecule has 9 nitrogen and oxygen atoms in total. The molecule has 110 valence electrons. The molecule has 0 aliphatic rings. The zero-order valence-corrected chi connectivity index (χ0v) is 11.3. The maximum atomic E-state index is 12.0. The van der Waals surface area contributed by atoms with Crippen molar-refractivity contribution in [3.8, 4) is 0 Å². The van der Waals surface area contributed by atoms with Crippen LogP contribution in [0.1, 0.15) is 36.1 Å². The number of carbonyl (C=O) groups is 2. The fraction of sp³-hybridized carbons (Fsp3) is 0.455. The number of hydrogen-bond acceptors (Lipinski definition) is 7. The van der Waals surface area contributed by atoms with E-state index in [1.165, 1.54) is 6.20 Å². The average Bonchev–Trinajstić information content (AvgIpc) is 2.42. The molecule has 0 saturated heterocycles. The number of aromatic nitrogens is 2. The summed E-state index contributed by atoms with van der Waals surface area (Å²) in [5.74, 6) is 5.47. The third kappa shape index (κ3) is 4.35. The minimum absolute atomic E-state index is 0.0193. The van der Waals surface area contributed by atoms with Crippen LogP contribution in [0, 0.1) is 0 Å². The first-order chi connectivity index (χ1) is 9.45. The molecule has 9 heteroatoms. The summed E-state index contributed by atoms with van der Waals surface area (Å²) in [7, 11) is 0. The summed E-state index contributed by atoms with van der Waals surface area (Å²) in [6.45, 7) is 3.92. The zero-order chi connectivity index (χ0) is 15.1.